The van der Waals surface area contributed by atoms with E-state index in [1.165, 1.54) is 7.05 Å². The Morgan fingerprint density at radius 1 is 1.04 bits per heavy atom. The third-order valence-electron chi connectivity index (χ3n) is 4.18. The number of amidine groups is 1. The normalized spacial score (nSPS) is 15.2. The highest BCUT2D eigenvalue weighted by Gasteiger charge is 2.33. The third-order valence-corrected chi connectivity index (χ3v) is 5.48. The second-order valence-electron chi connectivity index (χ2n) is 5.93. The van der Waals surface area contributed by atoms with Crippen LogP contribution in [0.1, 0.15) is 5.69 Å². The number of aromatic nitrogens is 4. The zero-order valence-electron chi connectivity index (χ0n) is 14.6. The standard InChI is InChI=1S/C17H16N7O2S/c1-23-10-6-4-8-12(23)14-13(11-7-3-5-9-19-11)20-15-16(18)22-27(25,26)24(2)17(15)21-14/h3-10H,1-2H3,(H2,18,22)/q+1. The lowest BCUT2D eigenvalue weighted by Gasteiger charge is -2.23. The first-order valence-electron chi connectivity index (χ1n) is 8.01. The van der Waals surface area contributed by atoms with Gasteiger partial charge in [0.25, 0.3) is 0 Å². The molecule has 10 heteroatoms. The molecule has 0 spiro atoms. The van der Waals surface area contributed by atoms with E-state index in [4.69, 9.17) is 5.73 Å². The zero-order valence-corrected chi connectivity index (χ0v) is 15.4. The average Bonchev–Trinajstić information content (AvgIpc) is 2.66. The molecule has 0 fully saturated rings. The topological polar surface area (TPSA) is 118 Å². The summed E-state index contributed by atoms with van der Waals surface area (Å²) in [7, 11) is -0.700. The SMILES string of the molecule is CN1c2nc(-c3cccc[n+]3C)c(-c3ccccn3)nc2C(N)=NS1(=O)=O. The quantitative estimate of drug-likeness (QED) is 0.642. The van der Waals surface area contributed by atoms with Gasteiger partial charge in [0.15, 0.2) is 29.2 Å². The Bertz CT molecular complexity index is 1180. The van der Waals surface area contributed by atoms with Crippen LogP contribution in [0.15, 0.2) is 53.2 Å². The van der Waals surface area contributed by atoms with Crippen molar-refractivity contribution < 1.29 is 13.0 Å². The molecule has 0 aliphatic carbocycles. The van der Waals surface area contributed by atoms with Crippen molar-refractivity contribution in [2.75, 3.05) is 11.4 Å². The summed E-state index contributed by atoms with van der Waals surface area (Å²) in [4.78, 5) is 13.6. The Morgan fingerprint density at radius 3 is 2.52 bits per heavy atom. The van der Waals surface area contributed by atoms with E-state index in [-0.39, 0.29) is 17.3 Å². The maximum atomic E-state index is 12.2. The molecule has 0 bridgehead atoms. The summed E-state index contributed by atoms with van der Waals surface area (Å²) >= 11 is 0. The van der Waals surface area contributed by atoms with Gasteiger partial charge in [-0.25, -0.2) is 14.3 Å². The molecule has 0 radical (unpaired) electrons. The Hall–Kier alpha value is -3.40. The Labute approximate surface area is 156 Å². The average molecular weight is 382 g/mol. The summed E-state index contributed by atoms with van der Waals surface area (Å²) < 4.78 is 30.8. The Balaban J connectivity index is 2.08. The fraction of sp³-hybridized carbons (Fsp3) is 0.118. The number of fused-ring (bicyclic) bond motifs is 1. The molecule has 4 rings (SSSR count). The molecule has 9 nitrogen and oxygen atoms in total. The number of aryl methyl sites for hydroxylation is 1. The van der Waals surface area contributed by atoms with Crippen LogP contribution in [0.3, 0.4) is 0 Å². The zero-order chi connectivity index (χ0) is 19.2. The molecule has 0 atom stereocenters. The van der Waals surface area contributed by atoms with E-state index in [2.05, 4.69) is 19.3 Å². The molecule has 0 saturated carbocycles. The summed E-state index contributed by atoms with van der Waals surface area (Å²) in [6.45, 7) is 0. The lowest BCUT2D eigenvalue weighted by Crippen LogP contribution is -2.37. The maximum Gasteiger partial charge on any atom is 0.347 e. The predicted molar refractivity (Wildman–Crippen MR) is 99.9 cm³/mol. The molecule has 4 heterocycles. The first kappa shape index (κ1) is 17.0. The summed E-state index contributed by atoms with van der Waals surface area (Å²) in [5.41, 5.74) is 8.39. The summed E-state index contributed by atoms with van der Waals surface area (Å²) in [5.74, 6) is -0.0715. The highest BCUT2D eigenvalue weighted by atomic mass is 32.2. The fourth-order valence-corrected chi connectivity index (χ4v) is 3.59. The monoisotopic (exact) mass is 382 g/mol. The summed E-state index contributed by atoms with van der Waals surface area (Å²) in [5, 5.41) is 0. The van der Waals surface area contributed by atoms with Crippen LogP contribution < -0.4 is 14.6 Å². The van der Waals surface area contributed by atoms with Crippen LogP contribution >= 0.6 is 0 Å². The number of nitrogens with two attached hydrogens (primary N) is 1. The van der Waals surface area contributed by atoms with Gasteiger partial charge in [-0.15, -0.1) is 4.40 Å². The van der Waals surface area contributed by atoms with Crippen LogP contribution in [0, 0.1) is 0 Å². The van der Waals surface area contributed by atoms with Crippen LogP contribution in [-0.2, 0) is 17.3 Å². The molecule has 0 amide bonds. The van der Waals surface area contributed by atoms with Crippen molar-refractivity contribution in [3.05, 3.63) is 54.5 Å². The van der Waals surface area contributed by atoms with Crippen molar-refractivity contribution in [3.63, 3.8) is 0 Å². The smallest absolute Gasteiger partial charge is 0.347 e. The fourth-order valence-electron chi connectivity index (χ4n) is 2.79. The summed E-state index contributed by atoms with van der Waals surface area (Å²) in [6.07, 6.45) is 3.52. The van der Waals surface area contributed by atoms with E-state index in [0.717, 1.165) is 10.00 Å². The van der Waals surface area contributed by atoms with Crippen molar-refractivity contribution in [1.82, 2.24) is 15.0 Å². The van der Waals surface area contributed by atoms with Gasteiger partial charge in [0.05, 0.1) is 5.69 Å². The number of pyridine rings is 2. The van der Waals surface area contributed by atoms with E-state index >= 15 is 0 Å². The largest absolute Gasteiger partial charge is 0.381 e. The minimum absolute atomic E-state index is 0.126. The maximum absolute atomic E-state index is 12.2. The van der Waals surface area contributed by atoms with Gasteiger partial charge in [-0.05, 0) is 18.2 Å². The molecule has 1 aliphatic heterocycles. The molecular weight excluding hydrogens is 366 g/mol. The van der Waals surface area contributed by atoms with E-state index in [9.17, 15) is 8.42 Å². The van der Waals surface area contributed by atoms with Crippen molar-refractivity contribution in [2.45, 2.75) is 0 Å². The summed E-state index contributed by atoms with van der Waals surface area (Å²) in [6, 6.07) is 11.1. The lowest BCUT2D eigenvalue weighted by molar-refractivity contribution is -0.660. The first-order valence-corrected chi connectivity index (χ1v) is 9.41. The molecule has 2 N–H and O–H groups in total. The molecule has 27 heavy (non-hydrogen) atoms. The Kier molecular flexibility index (Phi) is 3.84. The molecule has 0 unspecified atom stereocenters. The van der Waals surface area contributed by atoms with Gasteiger partial charge >= 0.3 is 10.2 Å². The second kappa shape index (κ2) is 6.09. The van der Waals surface area contributed by atoms with Gasteiger partial charge in [0.2, 0.25) is 5.69 Å². The van der Waals surface area contributed by atoms with Crippen molar-refractivity contribution in [2.24, 2.45) is 17.2 Å². The van der Waals surface area contributed by atoms with Gasteiger partial charge in [0, 0.05) is 25.4 Å². The minimum atomic E-state index is -3.94. The molecule has 136 valence electrons. The third kappa shape index (κ3) is 2.79. The first-order chi connectivity index (χ1) is 12.9. The number of anilines is 1. The van der Waals surface area contributed by atoms with Crippen molar-refractivity contribution >= 4 is 21.9 Å². The van der Waals surface area contributed by atoms with Gasteiger partial charge in [-0.3, -0.25) is 4.98 Å². The van der Waals surface area contributed by atoms with Crippen LogP contribution in [-0.4, -0.2) is 36.3 Å². The second-order valence-corrected chi connectivity index (χ2v) is 7.55. The van der Waals surface area contributed by atoms with E-state index in [1.807, 2.05) is 42.1 Å². The van der Waals surface area contributed by atoms with Gasteiger partial charge in [0.1, 0.15) is 12.7 Å². The van der Waals surface area contributed by atoms with Crippen LogP contribution in [0.25, 0.3) is 22.8 Å². The molecule has 1 aliphatic rings. The Morgan fingerprint density at radius 2 is 1.81 bits per heavy atom. The predicted octanol–water partition coefficient (Wildman–Crippen LogP) is 0.430. The van der Waals surface area contributed by atoms with Crippen molar-refractivity contribution in [3.8, 4) is 22.8 Å². The van der Waals surface area contributed by atoms with E-state index in [0.29, 0.717) is 17.1 Å². The minimum Gasteiger partial charge on any atom is -0.381 e. The van der Waals surface area contributed by atoms with Crippen LogP contribution in [0.4, 0.5) is 5.82 Å². The van der Waals surface area contributed by atoms with Crippen LogP contribution in [0.2, 0.25) is 0 Å². The number of hydrogen-bond acceptors (Lipinski definition) is 6. The highest BCUT2D eigenvalue weighted by Crippen LogP contribution is 2.32. The number of rotatable bonds is 2. The van der Waals surface area contributed by atoms with Crippen LogP contribution in [0.5, 0.6) is 0 Å². The molecule has 0 aromatic carbocycles. The van der Waals surface area contributed by atoms with Gasteiger partial charge < -0.3 is 5.73 Å². The number of nitrogens with zero attached hydrogens (tertiary/aromatic N) is 6. The highest BCUT2D eigenvalue weighted by molar-refractivity contribution is 7.91. The molecule has 0 saturated heterocycles. The van der Waals surface area contributed by atoms with Gasteiger partial charge in [-0.2, -0.15) is 13.0 Å². The van der Waals surface area contributed by atoms with E-state index in [1.54, 1.807) is 18.3 Å². The van der Waals surface area contributed by atoms with Crippen molar-refractivity contribution in [1.29, 1.82) is 0 Å². The molecule has 3 aromatic heterocycles. The van der Waals surface area contributed by atoms with E-state index < -0.39 is 10.2 Å². The molecular formula is C17H16N7O2S+. The van der Waals surface area contributed by atoms with Gasteiger partial charge in [-0.1, -0.05) is 6.07 Å². The number of hydrogen-bond donors (Lipinski definition) is 1. The lowest BCUT2D eigenvalue weighted by atomic mass is 10.1. The molecule has 3 aromatic rings.